The smallest absolute Gasteiger partial charge is 0.309 e. The second kappa shape index (κ2) is 9.98. The van der Waals surface area contributed by atoms with Crippen LogP contribution in [0.15, 0.2) is 29.4 Å². The first kappa shape index (κ1) is 26.9. The number of hydrogen-bond donors (Lipinski definition) is 1. The number of amidine groups is 1. The van der Waals surface area contributed by atoms with Crippen LogP contribution in [0.25, 0.3) is 11.1 Å². The number of halogens is 3. The van der Waals surface area contributed by atoms with Crippen molar-refractivity contribution in [3.05, 3.63) is 52.8 Å². The highest BCUT2D eigenvalue weighted by Gasteiger charge is 2.51. The number of ether oxygens (including phenoxy) is 1. The molecule has 4 aliphatic rings. The Balaban J connectivity index is 1.17. The Kier molecular flexibility index (Phi) is 6.71. The molecule has 1 N–H and O–H groups in total. The number of piperidine rings is 1. The van der Waals surface area contributed by atoms with E-state index in [0.717, 1.165) is 36.4 Å². The summed E-state index contributed by atoms with van der Waals surface area (Å²) in [5.74, 6) is -1.78. The summed E-state index contributed by atoms with van der Waals surface area (Å²) in [4.78, 5) is 21.7. The van der Waals surface area contributed by atoms with Crippen molar-refractivity contribution in [3.8, 4) is 16.9 Å². The van der Waals surface area contributed by atoms with Crippen LogP contribution in [-0.2, 0) is 16.2 Å². The number of carboxylic acids is 1. The highest BCUT2D eigenvalue weighted by Crippen LogP contribution is 2.49. The van der Waals surface area contributed by atoms with Gasteiger partial charge in [0, 0.05) is 55.5 Å². The number of carboxylic acid groups (broad SMARTS) is 1. The SMILES string of the molecule is CCOc1c(CN2CC3(CC(N4CCC(C)(C(=O)O)CC4)=NO3)C2)cc(C2CC2)c(-c2ccc(F)cc2F)c1F. The molecule has 2 aromatic carbocycles. The number of hydrogen-bond acceptors (Lipinski definition) is 6. The van der Waals surface area contributed by atoms with Crippen molar-refractivity contribution in [1.29, 1.82) is 0 Å². The van der Waals surface area contributed by atoms with Crippen molar-refractivity contribution >= 4 is 11.8 Å². The number of benzene rings is 2. The molecular weight excluding hydrogens is 523 g/mol. The topological polar surface area (TPSA) is 74.6 Å². The normalized spacial score (nSPS) is 21.6. The molecule has 3 heterocycles. The van der Waals surface area contributed by atoms with E-state index >= 15 is 4.39 Å². The van der Waals surface area contributed by atoms with Crippen LogP contribution < -0.4 is 4.74 Å². The van der Waals surface area contributed by atoms with Crippen LogP contribution in [0.4, 0.5) is 13.2 Å². The predicted octanol–water partition coefficient (Wildman–Crippen LogP) is 5.52. The monoisotopic (exact) mass is 557 g/mol. The van der Waals surface area contributed by atoms with Gasteiger partial charge in [-0.05, 0) is 69.2 Å². The molecule has 1 saturated carbocycles. The first-order valence-electron chi connectivity index (χ1n) is 14.0. The summed E-state index contributed by atoms with van der Waals surface area (Å²) >= 11 is 0. The second-order valence-electron chi connectivity index (χ2n) is 11.9. The highest BCUT2D eigenvalue weighted by atomic mass is 19.1. The molecular formula is C30H34F3N3O4. The van der Waals surface area contributed by atoms with E-state index in [9.17, 15) is 18.7 Å². The number of likely N-dealkylation sites (tertiary alicyclic amines) is 2. The number of aliphatic carboxylic acids is 1. The average Bonchev–Trinajstić information content (AvgIpc) is 3.65. The van der Waals surface area contributed by atoms with E-state index in [0.29, 0.717) is 57.5 Å². The minimum absolute atomic E-state index is 0.0432. The molecule has 0 aromatic heterocycles. The first-order chi connectivity index (χ1) is 19.1. The molecule has 0 radical (unpaired) electrons. The van der Waals surface area contributed by atoms with Crippen molar-refractivity contribution in [2.75, 3.05) is 32.8 Å². The van der Waals surface area contributed by atoms with Gasteiger partial charge in [0.1, 0.15) is 17.5 Å². The van der Waals surface area contributed by atoms with E-state index in [2.05, 4.69) is 15.0 Å². The van der Waals surface area contributed by atoms with Crippen molar-refractivity contribution in [2.45, 2.75) is 64.0 Å². The number of carbonyl (C=O) groups is 1. The van der Waals surface area contributed by atoms with Gasteiger partial charge in [0.15, 0.2) is 17.2 Å². The minimum Gasteiger partial charge on any atom is -0.490 e. The fourth-order valence-corrected chi connectivity index (χ4v) is 6.24. The Morgan fingerprint density at radius 2 is 1.90 bits per heavy atom. The molecule has 214 valence electrons. The summed E-state index contributed by atoms with van der Waals surface area (Å²) < 4.78 is 50.2. The molecule has 2 saturated heterocycles. The van der Waals surface area contributed by atoms with Crippen LogP contribution in [0.2, 0.25) is 0 Å². The lowest BCUT2D eigenvalue weighted by atomic mass is 9.80. The average molecular weight is 558 g/mol. The molecule has 3 fully saturated rings. The Morgan fingerprint density at radius 1 is 1.18 bits per heavy atom. The van der Waals surface area contributed by atoms with Gasteiger partial charge in [0.05, 0.1) is 18.4 Å². The minimum atomic E-state index is -0.795. The largest absolute Gasteiger partial charge is 0.490 e. The third kappa shape index (κ3) is 4.80. The molecule has 3 aliphatic heterocycles. The second-order valence-corrected chi connectivity index (χ2v) is 11.9. The van der Waals surface area contributed by atoms with Gasteiger partial charge in [-0.25, -0.2) is 13.2 Å². The number of oxime groups is 1. The van der Waals surface area contributed by atoms with Crippen molar-refractivity contribution in [1.82, 2.24) is 9.80 Å². The Bertz CT molecular complexity index is 1360. The van der Waals surface area contributed by atoms with Crippen molar-refractivity contribution < 1.29 is 32.6 Å². The first-order valence-corrected chi connectivity index (χ1v) is 14.0. The summed E-state index contributed by atoms with van der Waals surface area (Å²) in [6, 6.07) is 5.16. The highest BCUT2D eigenvalue weighted by molar-refractivity contribution is 5.85. The Labute approximate surface area is 231 Å². The van der Waals surface area contributed by atoms with Gasteiger partial charge in [-0.2, -0.15) is 0 Å². The van der Waals surface area contributed by atoms with E-state index < -0.39 is 34.4 Å². The zero-order valence-corrected chi connectivity index (χ0v) is 22.8. The van der Waals surface area contributed by atoms with E-state index in [-0.39, 0.29) is 29.4 Å². The van der Waals surface area contributed by atoms with Gasteiger partial charge in [0.25, 0.3) is 0 Å². The van der Waals surface area contributed by atoms with E-state index in [1.165, 1.54) is 6.07 Å². The number of rotatable bonds is 7. The lowest BCUT2D eigenvalue weighted by Crippen LogP contribution is -2.61. The van der Waals surface area contributed by atoms with E-state index in [4.69, 9.17) is 9.57 Å². The van der Waals surface area contributed by atoms with Gasteiger partial charge >= 0.3 is 5.97 Å². The van der Waals surface area contributed by atoms with Crippen LogP contribution in [0.5, 0.6) is 5.75 Å². The maximum absolute atomic E-state index is 16.1. The maximum atomic E-state index is 16.1. The van der Waals surface area contributed by atoms with Gasteiger partial charge in [0.2, 0.25) is 0 Å². The molecule has 0 bridgehead atoms. The van der Waals surface area contributed by atoms with Gasteiger partial charge in [-0.1, -0.05) is 5.16 Å². The standard InChI is InChI=1S/C30H34F3N3O4/c1-3-39-27-19(12-22(18-4-5-18)25(26(27)33)21-7-6-20(31)13-23(21)32)15-35-16-30(17-35)14-24(34-40-30)36-10-8-29(2,9-11-36)28(37)38/h6-7,12-13,18H,3-5,8-11,14-17H2,1-2H3,(H,37,38). The van der Waals surface area contributed by atoms with Gasteiger partial charge in [-0.3, -0.25) is 9.69 Å². The molecule has 6 rings (SSSR count). The van der Waals surface area contributed by atoms with Crippen LogP contribution in [0.1, 0.15) is 63.0 Å². The van der Waals surface area contributed by atoms with Gasteiger partial charge < -0.3 is 19.6 Å². The third-order valence-corrected chi connectivity index (χ3v) is 8.83. The molecule has 0 atom stereocenters. The predicted molar refractivity (Wildman–Crippen MR) is 143 cm³/mol. The Morgan fingerprint density at radius 3 is 2.52 bits per heavy atom. The molecule has 1 aliphatic carbocycles. The summed E-state index contributed by atoms with van der Waals surface area (Å²) in [6.45, 7) is 6.75. The van der Waals surface area contributed by atoms with Crippen LogP contribution in [0, 0.1) is 22.9 Å². The molecule has 40 heavy (non-hydrogen) atoms. The van der Waals surface area contributed by atoms with E-state index in [1.807, 2.05) is 6.07 Å². The van der Waals surface area contributed by atoms with Crippen LogP contribution >= 0.6 is 0 Å². The lowest BCUT2D eigenvalue weighted by Gasteiger charge is -2.46. The maximum Gasteiger partial charge on any atom is 0.309 e. The van der Waals surface area contributed by atoms with Crippen LogP contribution in [-0.4, -0.2) is 65.1 Å². The zero-order valence-electron chi connectivity index (χ0n) is 22.8. The molecule has 10 heteroatoms. The molecule has 2 aromatic rings. The molecule has 7 nitrogen and oxygen atoms in total. The number of nitrogens with zero attached hydrogens (tertiary/aromatic N) is 3. The summed E-state index contributed by atoms with van der Waals surface area (Å²) in [5.41, 5.74) is 0.491. The Hall–Kier alpha value is -3.27. The fraction of sp³-hybridized carbons (Fsp3) is 0.533. The molecule has 0 unspecified atom stereocenters. The van der Waals surface area contributed by atoms with Crippen molar-refractivity contribution in [3.63, 3.8) is 0 Å². The summed E-state index contributed by atoms with van der Waals surface area (Å²) in [7, 11) is 0. The fourth-order valence-electron chi connectivity index (χ4n) is 6.24. The van der Waals surface area contributed by atoms with Crippen molar-refractivity contribution in [2.24, 2.45) is 10.6 Å². The zero-order chi connectivity index (χ0) is 28.2. The summed E-state index contributed by atoms with van der Waals surface area (Å²) in [6.07, 6.45) is 3.56. The molecule has 1 spiro atoms. The summed E-state index contributed by atoms with van der Waals surface area (Å²) in [5, 5.41) is 13.9. The van der Waals surface area contributed by atoms with Gasteiger partial charge in [-0.15, -0.1) is 0 Å². The van der Waals surface area contributed by atoms with Crippen LogP contribution in [0.3, 0.4) is 0 Å². The third-order valence-electron chi connectivity index (χ3n) is 8.83. The quantitative estimate of drug-likeness (QED) is 0.483. The molecule has 0 amide bonds. The van der Waals surface area contributed by atoms with E-state index in [1.54, 1.807) is 13.8 Å². The lowest BCUT2D eigenvalue weighted by molar-refractivity contribution is -0.150.